The van der Waals surface area contributed by atoms with E-state index >= 15 is 0 Å². The topological polar surface area (TPSA) is 33.2 Å². The molecule has 23 heavy (non-hydrogen) atoms. The van der Waals surface area contributed by atoms with Crippen LogP contribution in [0.15, 0.2) is 30.3 Å². The Kier molecular flexibility index (Phi) is 3.57. The molecule has 3 nitrogen and oxygen atoms in total. The molecule has 1 saturated heterocycles. The Balaban J connectivity index is 1.73. The maximum Gasteiger partial charge on any atom is 0.264 e. The van der Waals surface area contributed by atoms with E-state index in [4.69, 9.17) is 4.98 Å². The molecule has 1 fully saturated rings. The number of fused-ring (bicyclic) bond motifs is 2. The molecule has 3 heterocycles. The van der Waals surface area contributed by atoms with Gasteiger partial charge >= 0.3 is 0 Å². The lowest BCUT2D eigenvalue weighted by atomic mass is 10.0. The van der Waals surface area contributed by atoms with Gasteiger partial charge in [-0.15, -0.1) is 11.3 Å². The smallest absolute Gasteiger partial charge is 0.264 e. The number of rotatable bonds is 1. The van der Waals surface area contributed by atoms with Crippen LogP contribution in [0, 0.1) is 12.8 Å². The quantitative estimate of drug-likeness (QED) is 0.654. The number of likely N-dealkylation sites (tertiary alicyclic amines) is 1. The first-order valence-corrected chi connectivity index (χ1v) is 9.02. The highest BCUT2D eigenvalue weighted by atomic mass is 32.1. The second-order valence-electron chi connectivity index (χ2n) is 6.69. The summed E-state index contributed by atoms with van der Waals surface area (Å²) >= 11 is 1.52. The Labute approximate surface area is 139 Å². The lowest BCUT2D eigenvalue weighted by molar-refractivity contribution is 0.0688. The van der Waals surface area contributed by atoms with E-state index in [2.05, 4.69) is 38.1 Å². The minimum Gasteiger partial charge on any atom is -0.338 e. The fourth-order valence-electron chi connectivity index (χ4n) is 3.39. The first-order chi connectivity index (χ1) is 11.1. The average Bonchev–Trinajstić information content (AvgIpc) is 2.94. The molecule has 0 bridgehead atoms. The number of aromatic nitrogens is 1. The lowest BCUT2D eigenvalue weighted by Gasteiger charge is -2.30. The summed E-state index contributed by atoms with van der Waals surface area (Å²) in [5.41, 5.74) is 2.23. The zero-order valence-electron chi connectivity index (χ0n) is 13.5. The Hall–Kier alpha value is -1.94. The second kappa shape index (κ2) is 5.60. The van der Waals surface area contributed by atoms with Crippen LogP contribution in [0.4, 0.5) is 0 Å². The average molecular weight is 324 g/mol. The summed E-state index contributed by atoms with van der Waals surface area (Å²) in [6, 6.07) is 10.4. The van der Waals surface area contributed by atoms with Crippen molar-refractivity contribution in [3.8, 4) is 0 Å². The number of hydrogen-bond donors (Lipinski definition) is 0. The third kappa shape index (κ3) is 2.72. The highest BCUT2D eigenvalue weighted by Crippen LogP contribution is 2.29. The third-order valence-corrected chi connectivity index (χ3v) is 5.64. The summed E-state index contributed by atoms with van der Waals surface area (Å²) in [6.45, 7) is 6.07. The van der Waals surface area contributed by atoms with Crippen LogP contribution in [0.25, 0.3) is 21.1 Å². The number of aryl methyl sites for hydroxylation is 1. The van der Waals surface area contributed by atoms with Crippen LogP contribution in [-0.4, -0.2) is 28.9 Å². The molecule has 4 rings (SSSR count). The van der Waals surface area contributed by atoms with E-state index in [0.29, 0.717) is 5.92 Å². The van der Waals surface area contributed by atoms with Crippen molar-refractivity contribution >= 4 is 38.4 Å². The molecule has 0 aliphatic carbocycles. The lowest BCUT2D eigenvalue weighted by Crippen LogP contribution is -2.38. The monoisotopic (exact) mass is 324 g/mol. The molecule has 0 radical (unpaired) electrons. The standard InChI is InChI=1S/C19H20N2OS/c1-12-5-6-16-14(8-12)9-15-10-17(23-18(15)20-16)19(22)21-7-3-4-13(2)11-21/h5-6,8-10,13H,3-4,7,11H2,1-2H3. The van der Waals surface area contributed by atoms with Crippen LogP contribution in [0.5, 0.6) is 0 Å². The largest absolute Gasteiger partial charge is 0.338 e. The van der Waals surface area contributed by atoms with Gasteiger partial charge in [0.1, 0.15) is 4.83 Å². The van der Waals surface area contributed by atoms with E-state index in [1.165, 1.54) is 23.3 Å². The van der Waals surface area contributed by atoms with Gasteiger partial charge in [0.15, 0.2) is 0 Å². The van der Waals surface area contributed by atoms with E-state index in [1.807, 2.05) is 11.0 Å². The molecule has 1 unspecified atom stereocenters. The number of benzene rings is 1. The SMILES string of the molecule is Cc1ccc2nc3sc(C(=O)N4CCCC(C)C4)cc3cc2c1. The second-order valence-corrected chi connectivity index (χ2v) is 7.72. The molecule has 1 amide bonds. The van der Waals surface area contributed by atoms with Gasteiger partial charge in [-0.3, -0.25) is 4.79 Å². The van der Waals surface area contributed by atoms with Crippen LogP contribution < -0.4 is 0 Å². The fraction of sp³-hybridized carbons (Fsp3) is 0.368. The van der Waals surface area contributed by atoms with Crippen LogP contribution in [-0.2, 0) is 0 Å². The van der Waals surface area contributed by atoms with Crippen LogP contribution >= 0.6 is 11.3 Å². The zero-order valence-corrected chi connectivity index (χ0v) is 14.3. The predicted molar refractivity (Wildman–Crippen MR) is 96.2 cm³/mol. The molecule has 1 aromatic carbocycles. The van der Waals surface area contributed by atoms with Gasteiger partial charge in [0.25, 0.3) is 5.91 Å². The molecule has 1 atom stereocenters. The maximum atomic E-state index is 12.8. The number of amides is 1. The summed E-state index contributed by atoms with van der Waals surface area (Å²) in [6.07, 6.45) is 2.34. The third-order valence-electron chi connectivity index (χ3n) is 4.61. The molecule has 4 heteroatoms. The van der Waals surface area contributed by atoms with Crippen LogP contribution in [0.2, 0.25) is 0 Å². The molecule has 0 spiro atoms. The van der Waals surface area contributed by atoms with Crippen LogP contribution in [0.3, 0.4) is 0 Å². The van der Waals surface area contributed by atoms with Crippen molar-refractivity contribution in [2.45, 2.75) is 26.7 Å². The number of nitrogens with zero attached hydrogens (tertiary/aromatic N) is 2. The van der Waals surface area contributed by atoms with Crippen molar-refractivity contribution in [1.82, 2.24) is 9.88 Å². The molecule has 1 aliphatic heterocycles. The van der Waals surface area contributed by atoms with Gasteiger partial charge in [0.05, 0.1) is 10.4 Å². The maximum absolute atomic E-state index is 12.8. The van der Waals surface area contributed by atoms with Gasteiger partial charge in [0.2, 0.25) is 0 Å². The van der Waals surface area contributed by atoms with Crippen molar-refractivity contribution < 1.29 is 4.79 Å². The summed E-state index contributed by atoms with van der Waals surface area (Å²) in [5.74, 6) is 0.769. The summed E-state index contributed by atoms with van der Waals surface area (Å²) in [5, 5.41) is 2.21. The Bertz CT molecular complexity index is 899. The number of carbonyl (C=O) groups is 1. The normalized spacial score (nSPS) is 18.7. The number of thiophene rings is 1. The molecule has 0 saturated carbocycles. The Morgan fingerprint density at radius 2 is 2.13 bits per heavy atom. The molecule has 1 aliphatic rings. The van der Waals surface area contributed by atoms with Crippen molar-refractivity contribution in [2.24, 2.45) is 5.92 Å². The number of pyridine rings is 1. The predicted octanol–water partition coefficient (Wildman–Crippen LogP) is 4.63. The number of piperidine rings is 1. The van der Waals surface area contributed by atoms with Crippen LogP contribution in [0.1, 0.15) is 35.0 Å². The molecule has 2 aromatic heterocycles. The van der Waals surface area contributed by atoms with Crippen molar-refractivity contribution in [3.05, 3.63) is 40.8 Å². The van der Waals surface area contributed by atoms with Gasteiger partial charge in [-0.25, -0.2) is 4.98 Å². The zero-order chi connectivity index (χ0) is 16.0. The highest BCUT2D eigenvalue weighted by molar-refractivity contribution is 7.20. The molecular weight excluding hydrogens is 304 g/mol. The highest BCUT2D eigenvalue weighted by Gasteiger charge is 2.23. The van der Waals surface area contributed by atoms with Gasteiger partial charge in [-0.05, 0) is 49.9 Å². The van der Waals surface area contributed by atoms with Gasteiger partial charge in [-0.1, -0.05) is 18.6 Å². The van der Waals surface area contributed by atoms with E-state index in [1.54, 1.807) is 0 Å². The summed E-state index contributed by atoms with van der Waals surface area (Å²) < 4.78 is 0. The van der Waals surface area contributed by atoms with Crippen molar-refractivity contribution in [3.63, 3.8) is 0 Å². The Morgan fingerprint density at radius 1 is 1.26 bits per heavy atom. The minimum atomic E-state index is 0.166. The van der Waals surface area contributed by atoms with E-state index < -0.39 is 0 Å². The minimum absolute atomic E-state index is 0.166. The van der Waals surface area contributed by atoms with E-state index in [9.17, 15) is 4.79 Å². The van der Waals surface area contributed by atoms with Crippen molar-refractivity contribution in [1.29, 1.82) is 0 Å². The summed E-state index contributed by atoms with van der Waals surface area (Å²) in [7, 11) is 0. The van der Waals surface area contributed by atoms with Gasteiger partial charge in [-0.2, -0.15) is 0 Å². The van der Waals surface area contributed by atoms with Crippen molar-refractivity contribution in [2.75, 3.05) is 13.1 Å². The van der Waals surface area contributed by atoms with Gasteiger partial charge < -0.3 is 4.90 Å². The Morgan fingerprint density at radius 3 is 2.96 bits per heavy atom. The molecule has 3 aromatic rings. The van der Waals surface area contributed by atoms with Gasteiger partial charge in [0, 0.05) is 23.9 Å². The number of hydrogen-bond acceptors (Lipinski definition) is 3. The first-order valence-electron chi connectivity index (χ1n) is 8.20. The first kappa shape index (κ1) is 14.6. The number of carbonyl (C=O) groups excluding carboxylic acids is 1. The molecule has 0 N–H and O–H groups in total. The fourth-order valence-corrected chi connectivity index (χ4v) is 4.38. The summed E-state index contributed by atoms with van der Waals surface area (Å²) in [4.78, 5) is 21.3. The molecular formula is C19H20N2OS. The molecule has 118 valence electrons. The van der Waals surface area contributed by atoms with E-state index in [0.717, 1.165) is 45.5 Å². The van der Waals surface area contributed by atoms with E-state index in [-0.39, 0.29) is 5.91 Å².